The molecule has 0 saturated carbocycles. The highest BCUT2D eigenvalue weighted by Gasteiger charge is 3.00. The van der Waals surface area contributed by atoms with Crippen LogP contribution in [0.1, 0.15) is 5.56 Å². The number of hydrogen-bond donors (Lipinski definition) is 0. The van der Waals surface area contributed by atoms with Crippen LogP contribution in [0.5, 0.6) is 0 Å². The van der Waals surface area contributed by atoms with E-state index in [0.29, 0.717) is 6.07 Å². The first-order valence-electron chi connectivity index (χ1n) is 7.75. The van der Waals surface area contributed by atoms with Gasteiger partial charge in [0.15, 0.2) is 0 Å². The summed E-state index contributed by atoms with van der Waals surface area (Å²) in [5.41, 5.74) is -28.2. The normalized spacial score (nSPS) is 18.9. The lowest BCUT2D eigenvalue weighted by Gasteiger charge is -2.49. The summed E-state index contributed by atoms with van der Waals surface area (Å²) in [6.45, 7) is 0. The zero-order valence-corrected chi connectivity index (χ0v) is 15.1. The molecule has 0 radical (unpaired) electrons. The third kappa shape index (κ3) is 3.54. The standard InChI is InChI=1S/C15H5F19/c16-7(12(23,24)25,6-4-2-1-3-5-6)10(19,20)8(17,13(26,27)28)11(21,22)9(18,14(29,30)31)15(32,33)34/h1-5H. The Balaban J connectivity index is 4.32. The van der Waals surface area contributed by atoms with Crippen LogP contribution in [0, 0.1) is 0 Å². The van der Waals surface area contributed by atoms with Gasteiger partial charge in [0, 0.05) is 5.56 Å². The van der Waals surface area contributed by atoms with Gasteiger partial charge in [-0.2, -0.15) is 70.2 Å². The Hall–Kier alpha value is -2.11. The van der Waals surface area contributed by atoms with Crippen LogP contribution in [0.25, 0.3) is 0 Å². The largest absolute Gasteiger partial charge is 0.437 e. The molecule has 198 valence electrons. The van der Waals surface area contributed by atoms with Crippen molar-refractivity contribution in [3.63, 3.8) is 0 Å². The van der Waals surface area contributed by atoms with Crippen LogP contribution >= 0.6 is 0 Å². The lowest BCUT2D eigenvalue weighted by Crippen LogP contribution is -2.81. The summed E-state index contributed by atoms with van der Waals surface area (Å²) < 4.78 is 254. The molecular weight excluding hydrogens is 541 g/mol. The number of hydrogen-bond acceptors (Lipinski definition) is 0. The van der Waals surface area contributed by atoms with Crippen LogP contribution in [0.2, 0.25) is 0 Å². The van der Waals surface area contributed by atoms with Gasteiger partial charge >= 0.3 is 47.9 Å². The van der Waals surface area contributed by atoms with Crippen molar-refractivity contribution in [1.29, 1.82) is 0 Å². The second kappa shape index (κ2) is 7.69. The molecule has 1 rings (SSSR count). The van der Waals surface area contributed by atoms with E-state index in [0.717, 1.165) is 0 Å². The Morgan fingerprint density at radius 1 is 0.353 bits per heavy atom. The summed E-state index contributed by atoms with van der Waals surface area (Å²) in [6, 6.07) is -0.234. The van der Waals surface area contributed by atoms with Crippen molar-refractivity contribution < 1.29 is 83.4 Å². The average Bonchev–Trinajstić information content (AvgIpc) is 2.62. The van der Waals surface area contributed by atoms with Crippen LogP contribution in [0.4, 0.5) is 83.4 Å². The van der Waals surface area contributed by atoms with E-state index in [1.165, 1.54) is 0 Å². The van der Waals surface area contributed by atoms with Crippen LogP contribution < -0.4 is 0 Å². The fourth-order valence-corrected chi connectivity index (χ4v) is 2.74. The van der Waals surface area contributed by atoms with E-state index in [9.17, 15) is 83.4 Å². The molecule has 0 bridgehead atoms. The zero-order valence-electron chi connectivity index (χ0n) is 15.1. The molecule has 1 aromatic rings. The summed E-state index contributed by atoms with van der Waals surface area (Å²) in [4.78, 5) is 0. The molecule has 2 unspecified atom stereocenters. The van der Waals surface area contributed by atoms with Gasteiger partial charge in [0.05, 0.1) is 0 Å². The summed E-state index contributed by atoms with van der Waals surface area (Å²) >= 11 is 0. The summed E-state index contributed by atoms with van der Waals surface area (Å²) in [5.74, 6) is -17.8. The number of rotatable bonds is 5. The molecule has 0 aliphatic heterocycles. The van der Waals surface area contributed by atoms with Crippen molar-refractivity contribution in [1.82, 2.24) is 0 Å². The summed E-state index contributed by atoms with van der Waals surface area (Å²) in [6.07, 6.45) is -33.0. The Morgan fingerprint density at radius 2 is 0.676 bits per heavy atom. The smallest absolute Gasteiger partial charge is 0.221 e. The topological polar surface area (TPSA) is 0 Å². The molecule has 2 atom stereocenters. The quantitative estimate of drug-likeness (QED) is 0.331. The Morgan fingerprint density at radius 3 is 0.941 bits per heavy atom. The first-order chi connectivity index (χ1) is 14.6. The highest BCUT2D eigenvalue weighted by molar-refractivity contribution is 5.33. The molecule has 1 aromatic carbocycles. The molecule has 0 amide bonds. The fourth-order valence-electron chi connectivity index (χ4n) is 2.74. The molecule has 0 heterocycles. The zero-order chi connectivity index (χ0) is 27.6. The van der Waals surface area contributed by atoms with Gasteiger partial charge in [0.1, 0.15) is 0 Å². The predicted molar refractivity (Wildman–Crippen MR) is 71.0 cm³/mol. The maximum atomic E-state index is 14.7. The van der Waals surface area contributed by atoms with Crippen molar-refractivity contribution in [2.75, 3.05) is 0 Å². The highest BCUT2D eigenvalue weighted by Crippen LogP contribution is 2.69. The lowest BCUT2D eigenvalue weighted by molar-refractivity contribution is -0.474. The molecule has 0 fully saturated rings. The number of benzene rings is 1. The SMILES string of the molecule is FC(F)(F)C(F)(c1ccccc1)C(F)(F)C(F)(C(F)(F)F)C(F)(F)C(F)(C(F)(F)F)C(F)(F)F. The summed E-state index contributed by atoms with van der Waals surface area (Å²) in [7, 11) is 0. The molecule has 0 aromatic heterocycles. The van der Waals surface area contributed by atoms with Crippen molar-refractivity contribution in [3.05, 3.63) is 35.9 Å². The van der Waals surface area contributed by atoms with Gasteiger partial charge in [0.2, 0.25) is 0 Å². The molecular formula is C15H5F19. The van der Waals surface area contributed by atoms with E-state index >= 15 is 0 Å². The Kier molecular flexibility index (Phi) is 6.77. The minimum absolute atomic E-state index is 0.127. The van der Waals surface area contributed by atoms with Crippen molar-refractivity contribution in [2.45, 2.75) is 53.6 Å². The molecule has 0 saturated heterocycles. The lowest BCUT2D eigenvalue weighted by atomic mass is 9.71. The molecule has 0 aliphatic rings. The molecule has 0 N–H and O–H groups in total. The van der Waals surface area contributed by atoms with E-state index in [4.69, 9.17) is 0 Å². The van der Waals surface area contributed by atoms with Crippen molar-refractivity contribution >= 4 is 0 Å². The second-order valence-corrected chi connectivity index (χ2v) is 6.48. The van der Waals surface area contributed by atoms with Gasteiger partial charge in [-0.1, -0.05) is 30.3 Å². The third-order valence-corrected chi connectivity index (χ3v) is 4.46. The van der Waals surface area contributed by atoms with E-state index in [1.807, 2.05) is 0 Å². The van der Waals surface area contributed by atoms with Crippen LogP contribution in [0.15, 0.2) is 30.3 Å². The molecule has 19 heteroatoms. The first-order valence-corrected chi connectivity index (χ1v) is 7.75. The maximum absolute atomic E-state index is 14.7. The average molecular weight is 546 g/mol. The van der Waals surface area contributed by atoms with Crippen molar-refractivity contribution in [3.8, 4) is 0 Å². The van der Waals surface area contributed by atoms with Crippen LogP contribution in [0.3, 0.4) is 0 Å². The Bertz CT molecular complexity index is 843. The van der Waals surface area contributed by atoms with E-state index < -0.39 is 71.3 Å². The van der Waals surface area contributed by atoms with Crippen LogP contribution in [-0.2, 0) is 5.67 Å². The molecule has 34 heavy (non-hydrogen) atoms. The van der Waals surface area contributed by atoms with E-state index in [2.05, 4.69) is 0 Å². The fraction of sp³-hybridized carbons (Fsp3) is 0.600. The maximum Gasteiger partial charge on any atom is 0.437 e. The Labute approximate surface area is 174 Å². The predicted octanol–water partition coefficient (Wildman–Crippen LogP) is 7.79. The number of halogens is 19. The number of alkyl halides is 19. The first kappa shape index (κ1) is 29.9. The van der Waals surface area contributed by atoms with Gasteiger partial charge in [-0.25, -0.2) is 13.2 Å². The van der Waals surface area contributed by atoms with Gasteiger partial charge in [-0.15, -0.1) is 0 Å². The monoisotopic (exact) mass is 546 g/mol. The minimum Gasteiger partial charge on any atom is -0.221 e. The van der Waals surface area contributed by atoms with Gasteiger partial charge in [0.25, 0.3) is 5.67 Å². The summed E-state index contributed by atoms with van der Waals surface area (Å²) in [5, 5.41) is 0. The molecule has 0 nitrogen and oxygen atoms in total. The second-order valence-electron chi connectivity index (χ2n) is 6.48. The van der Waals surface area contributed by atoms with E-state index in [-0.39, 0.29) is 12.1 Å². The molecule has 0 spiro atoms. The minimum atomic E-state index is -9.20. The molecule has 0 aliphatic carbocycles. The van der Waals surface area contributed by atoms with Gasteiger partial charge in [-0.05, 0) is 0 Å². The third-order valence-electron chi connectivity index (χ3n) is 4.46. The van der Waals surface area contributed by atoms with Gasteiger partial charge in [-0.3, -0.25) is 0 Å². The highest BCUT2D eigenvalue weighted by atomic mass is 19.4. The van der Waals surface area contributed by atoms with Crippen LogP contribution in [-0.4, -0.2) is 47.9 Å². The van der Waals surface area contributed by atoms with Crippen molar-refractivity contribution in [2.24, 2.45) is 0 Å². The van der Waals surface area contributed by atoms with Gasteiger partial charge < -0.3 is 0 Å². The van der Waals surface area contributed by atoms with E-state index in [1.54, 1.807) is 0 Å².